The fourth-order valence-electron chi connectivity index (χ4n) is 3.75. The number of halogens is 1. The van der Waals surface area contributed by atoms with Crippen molar-refractivity contribution in [2.45, 2.75) is 32.2 Å². The van der Waals surface area contributed by atoms with Crippen molar-refractivity contribution in [2.75, 3.05) is 6.54 Å². The zero-order chi connectivity index (χ0) is 22.9. The quantitative estimate of drug-likeness (QED) is 0.458. The second kappa shape index (κ2) is 11.5. The van der Waals surface area contributed by atoms with Crippen LogP contribution in [-0.2, 0) is 4.79 Å². The van der Waals surface area contributed by atoms with E-state index in [1.54, 1.807) is 24.3 Å². The molecule has 0 radical (unpaired) electrons. The van der Waals surface area contributed by atoms with Gasteiger partial charge in [-0.3, -0.25) is 9.59 Å². The third-order valence-corrected chi connectivity index (χ3v) is 5.82. The molecular formula is C27H29ClN2O2. The molecule has 0 bridgehead atoms. The van der Waals surface area contributed by atoms with Gasteiger partial charge < -0.3 is 10.6 Å². The first-order valence-corrected chi connectivity index (χ1v) is 11.3. The number of nitrogens with one attached hydrogen (secondary N) is 2. The first-order chi connectivity index (χ1) is 15.5. The summed E-state index contributed by atoms with van der Waals surface area (Å²) in [5.74, 6) is -0.440. The molecule has 0 aliphatic heterocycles. The predicted octanol–water partition coefficient (Wildman–Crippen LogP) is 5.43. The molecule has 0 aliphatic carbocycles. The van der Waals surface area contributed by atoms with Crippen LogP contribution < -0.4 is 10.6 Å². The Balaban J connectivity index is 1.65. The van der Waals surface area contributed by atoms with Crippen LogP contribution >= 0.6 is 11.6 Å². The van der Waals surface area contributed by atoms with Crippen LogP contribution in [0.1, 0.15) is 47.7 Å². The first kappa shape index (κ1) is 23.6. The predicted molar refractivity (Wildman–Crippen MR) is 130 cm³/mol. The molecule has 3 rings (SSSR count). The lowest BCUT2D eigenvalue weighted by Crippen LogP contribution is -2.50. The Morgan fingerprint density at radius 1 is 0.812 bits per heavy atom. The molecule has 166 valence electrons. The van der Waals surface area contributed by atoms with Gasteiger partial charge in [0.25, 0.3) is 5.91 Å². The number of hydrogen-bond donors (Lipinski definition) is 2. The minimum absolute atomic E-state index is 0.0690. The van der Waals surface area contributed by atoms with E-state index >= 15 is 0 Å². The monoisotopic (exact) mass is 448 g/mol. The van der Waals surface area contributed by atoms with Crippen molar-refractivity contribution in [1.82, 2.24) is 10.6 Å². The van der Waals surface area contributed by atoms with E-state index in [9.17, 15) is 9.59 Å². The molecule has 0 heterocycles. The lowest BCUT2D eigenvalue weighted by molar-refractivity contribution is -0.123. The van der Waals surface area contributed by atoms with Crippen LogP contribution in [0.2, 0.25) is 5.02 Å². The molecule has 5 heteroatoms. The molecule has 0 spiro atoms. The van der Waals surface area contributed by atoms with Crippen LogP contribution in [0, 0.1) is 5.92 Å². The van der Waals surface area contributed by atoms with Gasteiger partial charge in [0.2, 0.25) is 5.91 Å². The molecule has 2 amide bonds. The lowest BCUT2D eigenvalue weighted by Gasteiger charge is -2.23. The summed E-state index contributed by atoms with van der Waals surface area (Å²) in [6, 6.07) is 26.7. The number of carbonyl (C=O) groups is 2. The second-order valence-electron chi connectivity index (χ2n) is 8.13. The summed E-state index contributed by atoms with van der Waals surface area (Å²) >= 11 is 6.14. The van der Waals surface area contributed by atoms with Gasteiger partial charge in [0.15, 0.2) is 0 Å². The molecule has 0 unspecified atom stereocenters. The van der Waals surface area contributed by atoms with Crippen molar-refractivity contribution < 1.29 is 9.59 Å². The Kier molecular flexibility index (Phi) is 8.46. The molecule has 1 atom stereocenters. The Bertz CT molecular complexity index is 983. The Hall–Kier alpha value is -3.11. The van der Waals surface area contributed by atoms with E-state index < -0.39 is 6.04 Å². The van der Waals surface area contributed by atoms with Gasteiger partial charge >= 0.3 is 0 Å². The maximum absolute atomic E-state index is 12.9. The third-order valence-electron chi connectivity index (χ3n) is 5.49. The lowest BCUT2D eigenvalue weighted by atomic mass is 9.88. The van der Waals surface area contributed by atoms with Gasteiger partial charge in [-0.1, -0.05) is 98.2 Å². The smallest absolute Gasteiger partial charge is 0.253 e. The summed E-state index contributed by atoms with van der Waals surface area (Å²) in [7, 11) is 0. The van der Waals surface area contributed by atoms with Crippen LogP contribution in [0.4, 0.5) is 0 Å². The van der Waals surface area contributed by atoms with E-state index in [2.05, 4.69) is 34.9 Å². The molecule has 0 saturated carbocycles. The van der Waals surface area contributed by atoms with Gasteiger partial charge in [-0.15, -0.1) is 0 Å². The van der Waals surface area contributed by atoms with Gasteiger partial charge in [0.1, 0.15) is 6.04 Å². The van der Waals surface area contributed by atoms with Crippen molar-refractivity contribution in [3.8, 4) is 0 Å². The highest BCUT2D eigenvalue weighted by molar-refractivity contribution is 6.33. The highest BCUT2D eigenvalue weighted by atomic mass is 35.5. The number of rotatable bonds is 9. The van der Waals surface area contributed by atoms with Gasteiger partial charge in [0.05, 0.1) is 10.6 Å². The molecule has 0 aliphatic rings. The Morgan fingerprint density at radius 2 is 1.34 bits per heavy atom. The molecule has 0 saturated heterocycles. The molecule has 0 aromatic heterocycles. The molecule has 3 aromatic carbocycles. The van der Waals surface area contributed by atoms with Crippen molar-refractivity contribution in [2.24, 2.45) is 5.92 Å². The first-order valence-electron chi connectivity index (χ1n) is 10.9. The molecule has 32 heavy (non-hydrogen) atoms. The second-order valence-corrected chi connectivity index (χ2v) is 8.54. The Labute approximate surface area is 195 Å². The van der Waals surface area contributed by atoms with Crippen molar-refractivity contribution in [3.05, 3.63) is 107 Å². The summed E-state index contributed by atoms with van der Waals surface area (Å²) in [6.07, 6.45) is 0.753. The zero-order valence-electron chi connectivity index (χ0n) is 18.4. The summed E-state index contributed by atoms with van der Waals surface area (Å²) in [5.41, 5.74) is 2.78. The molecule has 4 nitrogen and oxygen atoms in total. The zero-order valence-corrected chi connectivity index (χ0v) is 19.2. The van der Waals surface area contributed by atoms with E-state index in [1.807, 2.05) is 50.2 Å². The summed E-state index contributed by atoms with van der Waals surface area (Å²) in [5, 5.41) is 6.22. The maximum atomic E-state index is 12.9. The van der Waals surface area contributed by atoms with E-state index in [1.165, 1.54) is 11.1 Å². The van der Waals surface area contributed by atoms with Gasteiger partial charge in [-0.25, -0.2) is 0 Å². The normalized spacial score (nSPS) is 11.9. The van der Waals surface area contributed by atoms with Crippen LogP contribution in [0.25, 0.3) is 0 Å². The van der Waals surface area contributed by atoms with Crippen molar-refractivity contribution in [1.29, 1.82) is 0 Å². The van der Waals surface area contributed by atoms with Crippen LogP contribution in [0.15, 0.2) is 84.9 Å². The average Bonchev–Trinajstić information content (AvgIpc) is 2.81. The number of amides is 2. The summed E-state index contributed by atoms with van der Waals surface area (Å²) in [6.45, 7) is 4.32. The highest BCUT2D eigenvalue weighted by Crippen LogP contribution is 2.27. The SMILES string of the molecule is CC(C)[C@H](NC(=O)c1ccccc1Cl)C(=O)NCCC(c1ccccc1)c1ccccc1. The molecule has 2 N–H and O–H groups in total. The van der Waals surface area contributed by atoms with Gasteiger partial charge in [-0.2, -0.15) is 0 Å². The molecular weight excluding hydrogens is 420 g/mol. The number of benzene rings is 3. The van der Waals surface area contributed by atoms with E-state index in [0.717, 1.165) is 6.42 Å². The largest absolute Gasteiger partial charge is 0.354 e. The van der Waals surface area contributed by atoms with E-state index in [4.69, 9.17) is 11.6 Å². The van der Waals surface area contributed by atoms with E-state index in [-0.39, 0.29) is 23.7 Å². The number of hydrogen-bond acceptors (Lipinski definition) is 2. The van der Waals surface area contributed by atoms with Crippen LogP contribution in [0.5, 0.6) is 0 Å². The fourth-order valence-corrected chi connectivity index (χ4v) is 3.97. The third kappa shape index (κ3) is 6.21. The average molecular weight is 449 g/mol. The minimum Gasteiger partial charge on any atom is -0.354 e. The van der Waals surface area contributed by atoms with Gasteiger partial charge in [-0.05, 0) is 35.6 Å². The number of carbonyl (C=O) groups excluding carboxylic acids is 2. The fraction of sp³-hybridized carbons (Fsp3) is 0.259. The van der Waals surface area contributed by atoms with Gasteiger partial charge in [0, 0.05) is 12.5 Å². The molecule has 3 aromatic rings. The standard InChI is InChI=1S/C27H29ClN2O2/c1-19(2)25(30-26(31)23-15-9-10-16-24(23)28)27(32)29-18-17-22(20-11-5-3-6-12-20)21-13-7-4-8-14-21/h3-16,19,22,25H,17-18H2,1-2H3,(H,29,32)(H,30,31)/t25-/m0/s1. The highest BCUT2D eigenvalue weighted by Gasteiger charge is 2.25. The Morgan fingerprint density at radius 3 is 1.88 bits per heavy atom. The summed E-state index contributed by atoms with van der Waals surface area (Å²) in [4.78, 5) is 25.6. The maximum Gasteiger partial charge on any atom is 0.253 e. The molecule has 0 fully saturated rings. The summed E-state index contributed by atoms with van der Waals surface area (Å²) < 4.78 is 0. The van der Waals surface area contributed by atoms with E-state index in [0.29, 0.717) is 17.1 Å². The van der Waals surface area contributed by atoms with Crippen molar-refractivity contribution in [3.63, 3.8) is 0 Å². The van der Waals surface area contributed by atoms with Crippen LogP contribution in [-0.4, -0.2) is 24.4 Å². The minimum atomic E-state index is -0.648. The van der Waals surface area contributed by atoms with Crippen LogP contribution in [0.3, 0.4) is 0 Å². The topological polar surface area (TPSA) is 58.2 Å². The van der Waals surface area contributed by atoms with Crippen molar-refractivity contribution >= 4 is 23.4 Å².